The fraction of sp³-hybridized carbons (Fsp3) is 0.556. The average molecular weight is 194 g/mol. The molecule has 2 rings (SSSR count). The molecule has 1 aliphatic rings. The van der Waals surface area contributed by atoms with Crippen molar-refractivity contribution in [3.05, 3.63) is 18.2 Å². The van der Waals surface area contributed by atoms with E-state index in [0.717, 1.165) is 19.7 Å². The van der Waals surface area contributed by atoms with Crippen molar-refractivity contribution in [3.63, 3.8) is 0 Å². The molecular formula is C9H14N4O. The van der Waals surface area contributed by atoms with Gasteiger partial charge in [0, 0.05) is 13.1 Å². The summed E-state index contributed by atoms with van der Waals surface area (Å²) in [6, 6.07) is 0. The highest BCUT2D eigenvalue weighted by Gasteiger charge is 2.21. The third-order valence-corrected chi connectivity index (χ3v) is 2.25. The molecule has 14 heavy (non-hydrogen) atoms. The van der Waals surface area contributed by atoms with Gasteiger partial charge in [-0.05, 0) is 7.05 Å². The van der Waals surface area contributed by atoms with Crippen molar-refractivity contribution in [2.75, 3.05) is 32.5 Å². The minimum atomic E-state index is -0.0191. The lowest BCUT2D eigenvalue weighted by Crippen LogP contribution is -2.36. The molecule has 0 saturated carbocycles. The molecule has 5 nitrogen and oxygen atoms in total. The van der Waals surface area contributed by atoms with Crippen molar-refractivity contribution < 1.29 is 4.74 Å². The molecule has 2 N–H and O–H groups in total. The second-order valence-electron chi connectivity index (χ2n) is 3.50. The van der Waals surface area contributed by atoms with Crippen LogP contribution in [0.5, 0.6) is 0 Å². The first-order valence-corrected chi connectivity index (χ1v) is 4.63. The zero-order valence-electron chi connectivity index (χ0n) is 8.18. The van der Waals surface area contributed by atoms with Crippen molar-refractivity contribution in [1.82, 2.24) is 14.9 Å². The molecule has 0 radical (unpaired) electrons. The molecule has 1 unspecified atom stereocenters. The van der Waals surface area contributed by atoms with Crippen molar-refractivity contribution in [2.24, 2.45) is 0 Å². The standard InChI is InChI=1S/C9H14N4O/c1-13-2-3-14-8(6-13)9-11-4-7(10)5-12-9/h4-5,8H,2-3,6,10H2,1H3. The zero-order chi connectivity index (χ0) is 9.97. The Bertz CT molecular complexity index is 300. The van der Waals surface area contributed by atoms with Crippen LogP contribution in [0.25, 0.3) is 0 Å². The normalized spacial score (nSPS) is 23.6. The molecule has 0 bridgehead atoms. The molecule has 76 valence electrons. The highest BCUT2D eigenvalue weighted by atomic mass is 16.5. The van der Waals surface area contributed by atoms with Crippen LogP contribution in [0.3, 0.4) is 0 Å². The van der Waals surface area contributed by atoms with E-state index >= 15 is 0 Å². The van der Waals surface area contributed by atoms with Gasteiger partial charge in [0.1, 0.15) is 6.10 Å². The smallest absolute Gasteiger partial charge is 0.158 e. The Morgan fingerprint density at radius 2 is 2.21 bits per heavy atom. The van der Waals surface area contributed by atoms with Gasteiger partial charge in [-0.15, -0.1) is 0 Å². The topological polar surface area (TPSA) is 64.3 Å². The van der Waals surface area contributed by atoms with Gasteiger partial charge in [0.05, 0.1) is 24.7 Å². The molecule has 0 aliphatic carbocycles. The van der Waals surface area contributed by atoms with Crippen molar-refractivity contribution >= 4 is 5.69 Å². The molecule has 1 aliphatic heterocycles. The van der Waals surface area contributed by atoms with Crippen molar-refractivity contribution in [3.8, 4) is 0 Å². The summed E-state index contributed by atoms with van der Waals surface area (Å²) in [7, 11) is 2.06. The molecule has 1 aromatic heterocycles. The average Bonchev–Trinajstić information content (AvgIpc) is 2.19. The summed E-state index contributed by atoms with van der Waals surface area (Å²) in [4.78, 5) is 10.5. The zero-order valence-corrected chi connectivity index (χ0v) is 8.18. The largest absolute Gasteiger partial charge is 0.396 e. The van der Waals surface area contributed by atoms with Gasteiger partial charge in [-0.1, -0.05) is 0 Å². The van der Waals surface area contributed by atoms with E-state index in [4.69, 9.17) is 10.5 Å². The quantitative estimate of drug-likeness (QED) is 0.685. The summed E-state index contributed by atoms with van der Waals surface area (Å²) in [6.45, 7) is 2.53. The van der Waals surface area contributed by atoms with Gasteiger partial charge >= 0.3 is 0 Å². The van der Waals surface area contributed by atoms with Gasteiger partial charge in [-0.25, -0.2) is 9.97 Å². The maximum atomic E-state index is 5.57. The Kier molecular flexibility index (Phi) is 2.60. The molecule has 0 spiro atoms. The molecule has 1 atom stereocenters. The van der Waals surface area contributed by atoms with Gasteiger partial charge in [-0.3, -0.25) is 0 Å². The van der Waals surface area contributed by atoms with E-state index in [-0.39, 0.29) is 6.10 Å². The van der Waals surface area contributed by atoms with E-state index in [9.17, 15) is 0 Å². The lowest BCUT2D eigenvalue weighted by atomic mass is 10.2. The summed E-state index contributed by atoms with van der Waals surface area (Å²) in [5.41, 5.74) is 6.09. The highest BCUT2D eigenvalue weighted by molar-refractivity contribution is 5.30. The molecule has 0 aromatic carbocycles. The number of nitrogens with zero attached hydrogens (tertiary/aromatic N) is 3. The lowest BCUT2D eigenvalue weighted by molar-refractivity contribution is -0.0254. The summed E-state index contributed by atoms with van der Waals surface area (Å²) in [5.74, 6) is 0.714. The first-order valence-electron chi connectivity index (χ1n) is 4.63. The Hall–Kier alpha value is -1.20. The molecule has 0 amide bonds. The van der Waals surface area contributed by atoms with Crippen LogP contribution in [0, 0.1) is 0 Å². The predicted octanol–water partition coefficient (Wildman–Crippen LogP) is 0.0619. The maximum Gasteiger partial charge on any atom is 0.158 e. The fourth-order valence-electron chi connectivity index (χ4n) is 1.45. The van der Waals surface area contributed by atoms with Crippen LogP contribution in [0.2, 0.25) is 0 Å². The van der Waals surface area contributed by atoms with Gasteiger partial charge < -0.3 is 15.4 Å². The summed E-state index contributed by atoms with van der Waals surface area (Å²) >= 11 is 0. The second-order valence-corrected chi connectivity index (χ2v) is 3.50. The van der Waals surface area contributed by atoms with E-state index < -0.39 is 0 Å². The van der Waals surface area contributed by atoms with Crippen LogP contribution >= 0.6 is 0 Å². The molecule has 2 heterocycles. The predicted molar refractivity (Wildman–Crippen MR) is 52.6 cm³/mol. The van der Waals surface area contributed by atoms with Crippen LogP contribution in [0.15, 0.2) is 12.4 Å². The van der Waals surface area contributed by atoms with Crippen LogP contribution in [-0.4, -0.2) is 41.6 Å². The van der Waals surface area contributed by atoms with E-state index in [1.807, 2.05) is 0 Å². The first kappa shape index (κ1) is 9.36. The number of aromatic nitrogens is 2. The number of rotatable bonds is 1. The van der Waals surface area contributed by atoms with E-state index in [2.05, 4.69) is 21.9 Å². The number of hydrogen-bond donors (Lipinski definition) is 1. The van der Waals surface area contributed by atoms with Crippen LogP contribution in [0.1, 0.15) is 11.9 Å². The SMILES string of the molecule is CN1CCOC(c2ncc(N)cn2)C1. The third kappa shape index (κ3) is 2.00. The van der Waals surface area contributed by atoms with Crippen LogP contribution < -0.4 is 5.73 Å². The fourth-order valence-corrected chi connectivity index (χ4v) is 1.45. The van der Waals surface area contributed by atoms with E-state index in [0.29, 0.717) is 11.5 Å². The van der Waals surface area contributed by atoms with Gasteiger partial charge in [0.15, 0.2) is 5.82 Å². The Balaban J connectivity index is 2.10. The summed E-state index contributed by atoms with van der Waals surface area (Å²) in [5, 5.41) is 0. The minimum Gasteiger partial charge on any atom is -0.396 e. The van der Waals surface area contributed by atoms with Crippen molar-refractivity contribution in [2.45, 2.75) is 6.10 Å². The number of ether oxygens (including phenoxy) is 1. The van der Waals surface area contributed by atoms with E-state index in [1.54, 1.807) is 12.4 Å². The first-order chi connectivity index (χ1) is 6.75. The number of likely N-dealkylation sites (N-methyl/N-ethyl adjacent to an activating group) is 1. The third-order valence-electron chi connectivity index (χ3n) is 2.25. The lowest BCUT2D eigenvalue weighted by Gasteiger charge is -2.28. The van der Waals surface area contributed by atoms with Gasteiger partial charge in [0.2, 0.25) is 0 Å². The number of morpholine rings is 1. The number of hydrogen-bond acceptors (Lipinski definition) is 5. The van der Waals surface area contributed by atoms with Gasteiger partial charge in [0.25, 0.3) is 0 Å². The van der Waals surface area contributed by atoms with Gasteiger partial charge in [-0.2, -0.15) is 0 Å². The second kappa shape index (κ2) is 3.89. The summed E-state index contributed by atoms with van der Waals surface area (Å²) in [6.07, 6.45) is 3.20. The molecular weight excluding hydrogens is 180 g/mol. The Labute approximate surface area is 82.9 Å². The maximum absolute atomic E-state index is 5.57. The Morgan fingerprint density at radius 3 is 2.86 bits per heavy atom. The molecule has 1 aromatic rings. The summed E-state index contributed by atoms with van der Waals surface area (Å²) < 4.78 is 5.57. The number of nitrogen functional groups attached to an aromatic ring is 1. The minimum absolute atomic E-state index is 0.0191. The van der Waals surface area contributed by atoms with Crippen LogP contribution in [-0.2, 0) is 4.74 Å². The molecule has 5 heteroatoms. The van der Waals surface area contributed by atoms with Crippen LogP contribution in [0.4, 0.5) is 5.69 Å². The molecule has 1 fully saturated rings. The highest BCUT2D eigenvalue weighted by Crippen LogP contribution is 2.17. The monoisotopic (exact) mass is 194 g/mol. The Morgan fingerprint density at radius 1 is 1.50 bits per heavy atom. The number of nitrogens with two attached hydrogens (primary N) is 1. The van der Waals surface area contributed by atoms with Crippen molar-refractivity contribution in [1.29, 1.82) is 0 Å². The van der Waals surface area contributed by atoms with E-state index in [1.165, 1.54) is 0 Å². The molecule has 1 saturated heterocycles. The number of anilines is 1.